The van der Waals surface area contributed by atoms with Crippen molar-refractivity contribution in [1.29, 1.82) is 0 Å². The first-order valence-corrected chi connectivity index (χ1v) is 14.2. The lowest BCUT2D eigenvalue weighted by molar-refractivity contribution is -0.132. The number of hydrogen-bond donors (Lipinski definition) is 1. The van der Waals surface area contributed by atoms with Crippen LogP contribution in [0, 0.1) is 12.7 Å². The highest BCUT2D eigenvalue weighted by atomic mass is 35.5. The Hall–Kier alpha value is -4.06. The van der Waals surface area contributed by atoms with E-state index in [0.29, 0.717) is 43.3 Å². The van der Waals surface area contributed by atoms with Crippen molar-refractivity contribution in [3.8, 4) is 0 Å². The molecule has 40 heavy (non-hydrogen) atoms. The van der Waals surface area contributed by atoms with Gasteiger partial charge < -0.3 is 5.11 Å². The molecule has 1 fully saturated rings. The number of aromatic nitrogens is 4. The molecule has 1 unspecified atom stereocenters. The Morgan fingerprint density at radius 3 is 2.60 bits per heavy atom. The lowest BCUT2D eigenvalue weighted by Crippen LogP contribution is -2.29. The minimum absolute atomic E-state index is 0.100. The first kappa shape index (κ1) is 26.2. The third-order valence-corrected chi connectivity index (χ3v) is 8.83. The van der Waals surface area contributed by atoms with Gasteiger partial charge >= 0.3 is 5.91 Å². The van der Waals surface area contributed by atoms with Gasteiger partial charge in [-0.15, -0.1) is 10.2 Å². The predicted molar refractivity (Wildman–Crippen MR) is 152 cm³/mol. The second-order valence-corrected chi connectivity index (χ2v) is 11.5. The van der Waals surface area contributed by atoms with Crippen molar-refractivity contribution < 1.29 is 19.1 Å². The van der Waals surface area contributed by atoms with Gasteiger partial charge in [-0.1, -0.05) is 71.1 Å². The van der Waals surface area contributed by atoms with E-state index in [0.717, 1.165) is 11.3 Å². The minimum atomic E-state index is -0.997. The molecular formula is C28H19ClFN5O3S2. The van der Waals surface area contributed by atoms with Gasteiger partial charge in [0.05, 0.1) is 17.3 Å². The van der Waals surface area contributed by atoms with Crippen LogP contribution in [0.3, 0.4) is 0 Å². The molecule has 6 rings (SSSR count). The zero-order valence-electron chi connectivity index (χ0n) is 20.8. The number of benzene rings is 2. The number of halogens is 2. The van der Waals surface area contributed by atoms with E-state index in [2.05, 4.69) is 15.2 Å². The van der Waals surface area contributed by atoms with Crippen molar-refractivity contribution in [2.75, 3.05) is 4.90 Å². The van der Waals surface area contributed by atoms with Gasteiger partial charge in [-0.2, -0.15) is 0 Å². The summed E-state index contributed by atoms with van der Waals surface area (Å²) in [6.45, 7) is 1.72. The lowest BCUT2D eigenvalue weighted by atomic mass is 9.96. The molecule has 12 heteroatoms. The molecule has 2 aromatic carbocycles. The molecule has 200 valence electrons. The number of rotatable bonds is 6. The molecule has 0 bridgehead atoms. The second-order valence-electron chi connectivity index (χ2n) is 8.93. The number of ketones is 1. The Labute approximate surface area is 240 Å². The van der Waals surface area contributed by atoms with Crippen LogP contribution in [-0.2, 0) is 15.3 Å². The van der Waals surface area contributed by atoms with E-state index in [9.17, 15) is 19.1 Å². The molecule has 0 spiro atoms. The fourth-order valence-corrected chi connectivity index (χ4v) is 6.61. The van der Waals surface area contributed by atoms with Gasteiger partial charge in [-0.25, -0.2) is 9.37 Å². The average molecular weight is 592 g/mol. The Morgan fingerprint density at radius 2 is 1.82 bits per heavy atom. The van der Waals surface area contributed by atoms with Crippen molar-refractivity contribution in [2.45, 2.75) is 23.1 Å². The predicted octanol–water partition coefficient (Wildman–Crippen LogP) is 6.21. The van der Waals surface area contributed by atoms with E-state index in [-0.39, 0.29) is 22.3 Å². The molecular weight excluding hydrogens is 573 g/mol. The number of carbonyl (C=O) groups is 2. The minimum Gasteiger partial charge on any atom is -0.505 e. The van der Waals surface area contributed by atoms with Crippen molar-refractivity contribution in [2.24, 2.45) is 0 Å². The van der Waals surface area contributed by atoms with Gasteiger partial charge in [-0.05, 0) is 48.4 Å². The number of thioether (sulfide) groups is 1. The van der Waals surface area contributed by atoms with Gasteiger partial charge in [0.15, 0.2) is 10.1 Å². The Morgan fingerprint density at radius 1 is 1.07 bits per heavy atom. The number of aryl methyl sites for hydroxylation is 1. The van der Waals surface area contributed by atoms with Crippen molar-refractivity contribution in [1.82, 2.24) is 19.6 Å². The fourth-order valence-electron chi connectivity index (χ4n) is 4.63. The summed E-state index contributed by atoms with van der Waals surface area (Å²) in [6, 6.07) is 17.5. The van der Waals surface area contributed by atoms with Crippen LogP contribution in [0.25, 0.3) is 11.4 Å². The zero-order valence-corrected chi connectivity index (χ0v) is 23.2. The van der Waals surface area contributed by atoms with Crippen LogP contribution in [-0.4, -0.2) is 36.4 Å². The Kier molecular flexibility index (Phi) is 6.87. The smallest absolute Gasteiger partial charge is 0.301 e. The van der Waals surface area contributed by atoms with Crippen LogP contribution in [0.4, 0.5) is 9.52 Å². The Balaban J connectivity index is 1.44. The highest BCUT2D eigenvalue weighted by Gasteiger charge is 2.48. The lowest BCUT2D eigenvalue weighted by Gasteiger charge is -2.22. The number of hydrogen-bond acceptors (Lipinski definition) is 8. The van der Waals surface area contributed by atoms with E-state index in [4.69, 9.17) is 11.6 Å². The number of imidazole rings is 1. The standard InChI is InChI=1S/C28H19ClFN5O3S2/c1-15-22(34-13-5-4-8-20(34)31-15)24(36)21-23(16-9-11-18(29)12-10-16)35(26(38)25(21)37)27-32-33-28(40-27)39-14-17-6-2-3-7-19(17)30/h2-13,23,36H,14H2,1H3. The van der Waals surface area contributed by atoms with Crippen LogP contribution in [0.2, 0.25) is 5.02 Å². The van der Waals surface area contributed by atoms with Gasteiger partial charge in [0.1, 0.15) is 17.2 Å². The summed E-state index contributed by atoms with van der Waals surface area (Å²) in [7, 11) is 0. The molecule has 1 aliphatic heterocycles. The quantitative estimate of drug-likeness (QED) is 0.0824. The fraction of sp³-hybridized carbons (Fsp3) is 0.107. The molecule has 1 amide bonds. The number of aliphatic hydroxyl groups is 1. The number of amides is 1. The summed E-state index contributed by atoms with van der Waals surface area (Å²) in [5.74, 6) is -2.08. The number of aliphatic hydroxyl groups excluding tert-OH is 1. The highest BCUT2D eigenvalue weighted by Crippen LogP contribution is 2.44. The molecule has 1 N–H and O–H groups in total. The normalized spacial score (nSPS) is 16.8. The van der Waals surface area contributed by atoms with E-state index in [1.54, 1.807) is 72.1 Å². The van der Waals surface area contributed by atoms with Gasteiger partial charge in [0.2, 0.25) is 5.13 Å². The summed E-state index contributed by atoms with van der Waals surface area (Å²) >= 11 is 8.50. The zero-order chi connectivity index (χ0) is 28.0. The van der Waals surface area contributed by atoms with E-state index < -0.39 is 17.7 Å². The number of nitrogens with zero attached hydrogens (tertiary/aromatic N) is 5. The van der Waals surface area contributed by atoms with Crippen LogP contribution in [0.5, 0.6) is 0 Å². The molecule has 1 saturated heterocycles. The van der Waals surface area contributed by atoms with Crippen LogP contribution in [0.1, 0.15) is 28.6 Å². The maximum atomic E-state index is 14.1. The summed E-state index contributed by atoms with van der Waals surface area (Å²) < 4.78 is 16.2. The SMILES string of the molecule is Cc1nc2ccccn2c1C(O)=C1C(=O)C(=O)N(c2nnc(SCc3ccccc3F)s2)C1c1ccc(Cl)cc1. The number of pyridine rings is 1. The number of anilines is 1. The second kappa shape index (κ2) is 10.5. The van der Waals surface area contributed by atoms with E-state index in [1.165, 1.54) is 22.7 Å². The van der Waals surface area contributed by atoms with Crippen molar-refractivity contribution >= 4 is 62.9 Å². The molecule has 0 radical (unpaired) electrons. The molecule has 4 heterocycles. The summed E-state index contributed by atoms with van der Waals surface area (Å²) in [5, 5.41) is 20.6. The van der Waals surface area contributed by atoms with Gasteiger partial charge in [0, 0.05) is 17.0 Å². The monoisotopic (exact) mass is 591 g/mol. The van der Waals surface area contributed by atoms with Gasteiger partial charge in [0.25, 0.3) is 5.78 Å². The molecule has 1 atom stereocenters. The third kappa shape index (κ3) is 4.55. The summed E-state index contributed by atoms with van der Waals surface area (Å²) in [4.78, 5) is 32.7. The topological polar surface area (TPSA) is 101 Å². The molecule has 0 saturated carbocycles. The molecule has 1 aliphatic rings. The average Bonchev–Trinajstić information content (AvgIpc) is 3.62. The Bertz CT molecular complexity index is 1820. The van der Waals surface area contributed by atoms with E-state index in [1.807, 2.05) is 6.07 Å². The first-order chi connectivity index (χ1) is 19.3. The number of fused-ring (bicyclic) bond motifs is 1. The molecule has 8 nitrogen and oxygen atoms in total. The summed E-state index contributed by atoms with van der Waals surface area (Å²) in [6.07, 6.45) is 1.72. The molecule has 0 aliphatic carbocycles. The number of carbonyl (C=O) groups excluding carboxylic acids is 2. The van der Waals surface area contributed by atoms with Crippen LogP contribution >= 0.6 is 34.7 Å². The number of Topliss-reactive ketones (excluding diaryl/α,β-unsaturated/α-hetero) is 1. The van der Waals surface area contributed by atoms with Crippen LogP contribution in [0.15, 0.2) is 82.8 Å². The third-order valence-electron chi connectivity index (χ3n) is 6.47. The summed E-state index contributed by atoms with van der Waals surface area (Å²) in [5.41, 5.74) is 2.34. The van der Waals surface area contributed by atoms with Crippen LogP contribution < -0.4 is 4.90 Å². The maximum absolute atomic E-state index is 14.1. The maximum Gasteiger partial charge on any atom is 0.301 e. The highest BCUT2D eigenvalue weighted by molar-refractivity contribution is 8.00. The molecule has 3 aromatic heterocycles. The van der Waals surface area contributed by atoms with Crippen molar-refractivity contribution in [3.05, 3.63) is 112 Å². The largest absolute Gasteiger partial charge is 0.505 e. The van der Waals surface area contributed by atoms with Gasteiger partial charge in [-0.3, -0.25) is 18.9 Å². The van der Waals surface area contributed by atoms with Crippen molar-refractivity contribution in [3.63, 3.8) is 0 Å². The molecule has 5 aromatic rings. The van der Waals surface area contributed by atoms with E-state index >= 15 is 0 Å². The first-order valence-electron chi connectivity index (χ1n) is 12.0.